The lowest BCUT2D eigenvalue weighted by Crippen LogP contribution is -2.38. The molecule has 0 aliphatic carbocycles. The SMILES string of the molecule is C[Si](C)(Cc1ccccc1)n1ccnc1. The molecule has 2 rings (SSSR count). The minimum atomic E-state index is -1.41. The number of nitrogens with zero attached hydrogens (tertiary/aromatic N) is 2. The molecule has 15 heavy (non-hydrogen) atoms. The van der Waals surface area contributed by atoms with Gasteiger partial charge >= 0.3 is 0 Å². The molecule has 0 saturated heterocycles. The van der Waals surface area contributed by atoms with Crippen molar-refractivity contribution in [1.82, 2.24) is 9.22 Å². The highest BCUT2D eigenvalue weighted by molar-refractivity contribution is 6.75. The Bertz CT molecular complexity index is 406. The van der Waals surface area contributed by atoms with Gasteiger partial charge in [0.15, 0.2) is 8.24 Å². The van der Waals surface area contributed by atoms with Crippen molar-refractivity contribution in [1.29, 1.82) is 0 Å². The van der Waals surface area contributed by atoms with Crippen molar-refractivity contribution in [3.05, 3.63) is 54.6 Å². The van der Waals surface area contributed by atoms with Gasteiger partial charge in [-0.25, -0.2) is 4.98 Å². The van der Waals surface area contributed by atoms with Crippen molar-refractivity contribution >= 4 is 8.24 Å². The summed E-state index contributed by atoms with van der Waals surface area (Å²) >= 11 is 0. The first-order chi connectivity index (χ1) is 7.18. The van der Waals surface area contributed by atoms with E-state index in [0.717, 1.165) is 6.04 Å². The molecule has 0 fully saturated rings. The molecule has 0 bridgehead atoms. The largest absolute Gasteiger partial charge is 0.365 e. The van der Waals surface area contributed by atoms with Crippen LogP contribution in [0, 0.1) is 0 Å². The molecule has 1 heterocycles. The molecule has 0 saturated carbocycles. The number of imidazole rings is 1. The average Bonchev–Trinajstić information content (AvgIpc) is 2.71. The van der Waals surface area contributed by atoms with Crippen molar-refractivity contribution in [2.75, 3.05) is 0 Å². The van der Waals surface area contributed by atoms with E-state index < -0.39 is 8.24 Å². The third-order valence-electron chi connectivity index (χ3n) is 2.68. The number of aromatic nitrogens is 2. The van der Waals surface area contributed by atoms with Gasteiger partial charge in [0.1, 0.15) is 0 Å². The molecular formula is C12H16N2Si. The standard InChI is InChI=1S/C12H16N2Si/c1-15(2,14-9-8-13-11-14)10-12-6-4-3-5-7-12/h3-9,11H,10H2,1-2H3. The van der Waals surface area contributed by atoms with Gasteiger partial charge in [-0.15, -0.1) is 0 Å². The van der Waals surface area contributed by atoms with Crippen molar-refractivity contribution in [3.63, 3.8) is 0 Å². The van der Waals surface area contributed by atoms with E-state index in [9.17, 15) is 0 Å². The van der Waals surface area contributed by atoms with E-state index in [4.69, 9.17) is 0 Å². The highest BCUT2D eigenvalue weighted by Crippen LogP contribution is 2.13. The highest BCUT2D eigenvalue weighted by atomic mass is 28.3. The first-order valence-electron chi connectivity index (χ1n) is 5.21. The van der Waals surface area contributed by atoms with Gasteiger partial charge in [-0.1, -0.05) is 43.4 Å². The van der Waals surface area contributed by atoms with Crippen LogP contribution in [0.5, 0.6) is 0 Å². The van der Waals surface area contributed by atoms with Crippen LogP contribution in [-0.2, 0) is 6.04 Å². The fourth-order valence-electron chi connectivity index (χ4n) is 1.80. The number of rotatable bonds is 3. The predicted molar refractivity (Wildman–Crippen MR) is 65.3 cm³/mol. The zero-order valence-corrected chi connectivity index (χ0v) is 10.2. The Hall–Kier alpha value is -1.35. The molecule has 0 spiro atoms. The quantitative estimate of drug-likeness (QED) is 0.721. The van der Waals surface area contributed by atoms with Gasteiger partial charge in [-0.3, -0.25) is 0 Å². The summed E-state index contributed by atoms with van der Waals surface area (Å²) in [5, 5.41) is 0. The van der Waals surface area contributed by atoms with E-state index in [2.05, 4.69) is 58.8 Å². The van der Waals surface area contributed by atoms with Crippen molar-refractivity contribution in [3.8, 4) is 0 Å². The van der Waals surface area contributed by atoms with Gasteiger partial charge in [-0.05, 0) is 11.6 Å². The summed E-state index contributed by atoms with van der Waals surface area (Å²) in [6.45, 7) is 4.73. The fraction of sp³-hybridized carbons (Fsp3) is 0.250. The summed E-state index contributed by atoms with van der Waals surface area (Å²) in [7, 11) is -1.41. The van der Waals surface area contributed by atoms with Crippen LogP contribution < -0.4 is 0 Å². The Morgan fingerprint density at radius 2 is 1.93 bits per heavy atom. The lowest BCUT2D eigenvalue weighted by molar-refractivity contribution is 1.07. The first-order valence-corrected chi connectivity index (χ1v) is 8.36. The second kappa shape index (κ2) is 4.02. The molecule has 1 aromatic carbocycles. The smallest absolute Gasteiger partial charge is 0.161 e. The predicted octanol–water partition coefficient (Wildman–Crippen LogP) is 2.72. The summed E-state index contributed by atoms with van der Waals surface area (Å²) < 4.78 is 2.29. The Morgan fingerprint density at radius 1 is 1.20 bits per heavy atom. The molecule has 0 atom stereocenters. The minimum Gasteiger partial charge on any atom is -0.365 e. The highest BCUT2D eigenvalue weighted by Gasteiger charge is 2.23. The number of hydrogen-bond donors (Lipinski definition) is 0. The Morgan fingerprint density at radius 3 is 2.53 bits per heavy atom. The van der Waals surface area contributed by atoms with E-state index in [-0.39, 0.29) is 0 Å². The maximum Gasteiger partial charge on any atom is 0.161 e. The van der Waals surface area contributed by atoms with Crippen LogP contribution in [-0.4, -0.2) is 17.5 Å². The van der Waals surface area contributed by atoms with E-state index in [1.54, 1.807) is 0 Å². The summed E-state index contributed by atoms with van der Waals surface area (Å²) in [4.78, 5) is 4.13. The molecule has 0 radical (unpaired) electrons. The van der Waals surface area contributed by atoms with Gasteiger partial charge in [0, 0.05) is 12.4 Å². The van der Waals surface area contributed by atoms with Gasteiger partial charge < -0.3 is 4.23 Å². The summed E-state index contributed by atoms with van der Waals surface area (Å²) in [5.41, 5.74) is 1.42. The van der Waals surface area contributed by atoms with Crippen LogP contribution >= 0.6 is 0 Å². The van der Waals surface area contributed by atoms with E-state index >= 15 is 0 Å². The minimum absolute atomic E-state index is 1.16. The first kappa shape index (κ1) is 10.2. The normalized spacial score (nSPS) is 11.6. The average molecular weight is 216 g/mol. The Kier molecular flexibility index (Phi) is 2.73. The number of benzene rings is 1. The topological polar surface area (TPSA) is 17.8 Å². The van der Waals surface area contributed by atoms with Crippen LogP contribution in [0.4, 0.5) is 0 Å². The second-order valence-electron chi connectivity index (χ2n) is 4.44. The van der Waals surface area contributed by atoms with Crippen LogP contribution in [0.2, 0.25) is 13.1 Å². The maximum atomic E-state index is 4.13. The molecular weight excluding hydrogens is 200 g/mol. The lowest BCUT2D eigenvalue weighted by Gasteiger charge is -2.23. The monoisotopic (exact) mass is 216 g/mol. The van der Waals surface area contributed by atoms with Crippen molar-refractivity contribution in [2.24, 2.45) is 0 Å². The van der Waals surface area contributed by atoms with Crippen LogP contribution in [0.1, 0.15) is 5.56 Å². The summed E-state index contributed by atoms with van der Waals surface area (Å²) in [6, 6.07) is 11.8. The molecule has 2 nitrogen and oxygen atoms in total. The van der Waals surface area contributed by atoms with Gasteiger partial charge in [0.05, 0.1) is 6.33 Å². The zero-order chi connectivity index (χ0) is 10.7. The molecule has 78 valence electrons. The van der Waals surface area contributed by atoms with Gasteiger partial charge in [0.2, 0.25) is 0 Å². The number of hydrogen-bond acceptors (Lipinski definition) is 1. The molecule has 0 aliphatic rings. The van der Waals surface area contributed by atoms with E-state index in [1.165, 1.54) is 5.56 Å². The van der Waals surface area contributed by atoms with Gasteiger partial charge in [0.25, 0.3) is 0 Å². The molecule has 0 unspecified atom stereocenters. The van der Waals surface area contributed by atoms with Gasteiger partial charge in [-0.2, -0.15) is 0 Å². The Labute approximate surface area is 91.7 Å². The third kappa shape index (κ3) is 2.36. The van der Waals surface area contributed by atoms with Crippen LogP contribution in [0.25, 0.3) is 0 Å². The van der Waals surface area contributed by atoms with E-state index in [1.807, 2.05) is 12.5 Å². The molecule has 1 aromatic heterocycles. The van der Waals surface area contributed by atoms with Crippen LogP contribution in [0.15, 0.2) is 49.1 Å². The maximum absolute atomic E-state index is 4.13. The second-order valence-corrected chi connectivity index (χ2v) is 8.94. The van der Waals surface area contributed by atoms with Crippen molar-refractivity contribution < 1.29 is 0 Å². The molecule has 0 N–H and O–H groups in total. The lowest BCUT2D eigenvalue weighted by atomic mass is 10.2. The third-order valence-corrected chi connectivity index (χ3v) is 5.62. The van der Waals surface area contributed by atoms with Crippen molar-refractivity contribution in [2.45, 2.75) is 19.1 Å². The fourth-order valence-corrected chi connectivity index (χ4v) is 4.07. The summed E-state index contributed by atoms with van der Waals surface area (Å²) in [6.07, 6.45) is 5.88. The Balaban J connectivity index is 2.18. The molecule has 3 heteroatoms. The van der Waals surface area contributed by atoms with Crippen LogP contribution in [0.3, 0.4) is 0 Å². The zero-order valence-electron chi connectivity index (χ0n) is 9.22. The summed E-state index contributed by atoms with van der Waals surface area (Å²) in [5.74, 6) is 0. The molecule has 2 aromatic rings. The molecule has 0 amide bonds. The van der Waals surface area contributed by atoms with E-state index in [0.29, 0.717) is 0 Å². The molecule has 0 aliphatic heterocycles.